The summed E-state index contributed by atoms with van der Waals surface area (Å²) in [5.41, 5.74) is -1.27. The van der Waals surface area contributed by atoms with E-state index in [0.29, 0.717) is 24.7 Å². The zero-order valence-corrected chi connectivity index (χ0v) is 27.7. The van der Waals surface area contributed by atoms with Gasteiger partial charge in [-0.05, 0) is 89.8 Å². The summed E-state index contributed by atoms with van der Waals surface area (Å²) >= 11 is 0. The van der Waals surface area contributed by atoms with Gasteiger partial charge in [-0.3, -0.25) is 0 Å². The van der Waals surface area contributed by atoms with Gasteiger partial charge in [0.15, 0.2) is 6.29 Å². The molecule has 0 aromatic carbocycles. The van der Waals surface area contributed by atoms with Gasteiger partial charge < -0.3 is 45.2 Å². The predicted octanol–water partition coefficient (Wildman–Crippen LogP) is 2.52. The van der Waals surface area contributed by atoms with E-state index < -0.39 is 53.7 Å². The average Bonchev–Trinajstić information content (AvgIpc) is 2.94. The van der Waals surface area contributed by atoms with Gasteiger partial charge in [0.2, 0.25) is 0 Å². The molecule has 0 aromatic rings. The number of aliphatic hydroxyl groups is 7. The van der Waals surface area contributed by atoms with Crippen molar-refractivity contribution in [3.63, 3.8) is 0 Å². The van der Waals surface area contributed by atoms with Crippen LogP contribution >= 0.6 is 0 Å². The molecule has 1 aliphatic heterocycles. The largest absolute Gasteiger partial charge is 0.393 e. The SMILES string of the molecule is CC1(C)C[C@H]2C3=CC[C@@H]4[C@@]5(C)CC[C@@H](O)C(C)(C)[C@@H]5CC[C@@]4(C)[C@]3(C)C[C@@H](O)[C@@]2(CO[C@@H]2OC[C@@H](O)[C@H](O)[C@H]2O)[C@@H](O)[C@H]1O. The summed E-state index contributed by atoms with van der Waals surface area (Å²) in [7, 11) is 0. The Balaban J connectivity index is 1.40. The average molecular weight is 623 g/mol. The Morgan fingerprint density at radius 1 is 0.795 bits per heavy atom. The van der Waals surface area contributed by atoms with E-state index in [1.807, 2.05) is 13.8 Å². The molecule has 6 rings (SSSR count). The van der Waals surface area contributed by atoms with Gasteiger partial charge in [-0.2, -0.15) is 0 Å². The lowest BCUT2D eigenvalue weighted by molar-refractivity contribution is -0.306. The Kier molecular flexibility index (Phi) is 7.90. The van der Waals surface area contributed by atoms with Crippen LogP contribution in [0, 0.1) is 50.2 Å². The van der Waals surface area contributed by atoms with Gasteiger partial charge in [0.05, 0.1) is 43.0 Å². The molecule has 252 valence electrons. The van der Waals surface area contributed by atoms with E-state index in [1.54, 1.807) is 0 Å². The van der Waals surface area contributed by atoms with Gasteiger partial charge in [0.1, 0.15) is 18.3 Å². The van der Waals surface area contributed by atoms with Crippen molar-refractivity contribution in [3.05, 3.63) is 11.6 Å². The van der Waals surface area contributed by atoms with Crippen LogP contribution in [-0.2, 0) is 9.47 Å². The fraction of sp³-hybridized carbons (Fsp3) is 0.943. The summed E-state index contributed by atoms with van der Waals surface area (Å²) in [6.45, 7) is 15.2. The lowest BCUT2D eigenvalue weighted by Gasteiger charge is -2.72. The van der Waals surface area contributed by atoms with Crippen LogP contribution in [0.1, 0.15) is 93.4 Å². The lowest BCUT2D eigenvalue weighted by Crippen LogP contribution is -2.72. The monoisotopic (exact) mass is 622 g/mol. The molecule has 0 spiro atoms. The van der Waals surface area contributed by atoms with E-state index >= 15 is 0 Å². The Hall–Kier alpha value is -0.620. The van der Waals surface area contributed by atoms with Crippen molar-refractivity contribution >= 4 is 0 Å². The van der Waals surface area contributed by atoms with Crippen molar-refractivity contribution in [1.29, 1.82) is 0 Å². The highest BCUT2D eigenvalue weighted by atomic mass is 16.7. The normalized spacial score (nSPS) is 56.4. The van der Waals surface area contributed by atoms with Gasteiger partial charge in [0.25, 0.3) is 0 Å². The number of fused-ring (bicyclic) bond motifs is 7. The van der Waals surface area contributed by atoms with Crippen molar-refractivity contribution in [2.75, 3.05) is 13.2 Å². The number of ether oxygens (including phenoxy) is 2. The summed E-state index contributed by atoms with van der Waals surface area (Å²) in [6.07, 6.45) is -1.15. The van der Waals surface area contributed by atoms with E-state index in [2.05, 4.69) is 40.7 Å². The highest BCUT2D eigenvalue weighted by Gasteiger charge is 2.72. The van der Waals surface area contributed by atoms with Crippen LogP contribution in [0.25, 0.3) is 0 Å². The molecule has 9 heteroatoms. The molecule has 1 saturated heterocycles. The number of allylic oxidation sites excluding steroid dienone is 2. The number of hydrogen-bond donors (Lipinski definition) is 7. The number of rotatable bonds is 3. The predicted molar refractivity (Wildman–Crippen MR) is 163 cm³/mol. The van der Waals surface area contributed by atoms with Gasteiger partial charge >= 0.3 is 0 Å². The van der Waals surface area contributed by atoms with Gasteiger partial charge in [-0.15, -0.1) is 0 Å². The molecule has 6 aliphatic rings. The molecule has 0 aromatic heterocycles. The zero-order valence-electron chi connectivity index (χ0n) is 27.7. The third-order valence-corrected chi connectivity index (χ3v) is 15.1. The zero-order chi connectivity index (χ0) is 32.4. The maximum atomic E-state index is 12.3. The topological polar surface area (TPSA) is 160 Å². The Bertz CT molecular complexity index is 1160. The lowest BCUT2D eigenvalue weighted by atomic mass is 9.33. The number of aliphatic hydroxyl groups excluding tert-OH is 7. The minimum atomic E-state index is -1.50. The molecular weight excluding hydrogens is 564 g/mol. The van der Waals surface area contributed by atoms with E-state index in [0.717, 1.165) is 32.1 Å². The van der Waals surface area contributed by atoms with Crippen LogP contribution in [0.15, 0.2) is 11.6 Å². The first-order chi connectivity index (χ1) is 20.3. The third-order valence-electron chi connectivity index (χ3n) is 15.1. The molecule has 5 aliphatic carbocycles. The van der Waals surface area contributed by atoms with Crippen LogP contribution in [0.3, 0.4) is 0 Å². The van der Waals surface area contributed by atoms with E-state index in [1.165, 1.54) is 5.57 Å². The summed E-state index contributed by atoms with van der Waals surface area (Å²) in [4.78, 5) is 0. The van der Waals surface area contributed by atoms with Crippen molar-refractivity contribution in [2.45, 2.75) is 142 Å². The molecule has 15 atom stereocenters. The van der Waals surface area contributed by atoms with Crippen LogP contribution in [0.4, 0.5) is 0 Å². The highest BCUT2D eigenvalue weighted by Crippen LogP contribution is 2.75. The summed E-state index contributed by atoms with van der Waals surface area (Å²) < 4.78 is 11.6. The van der Waals surface area contributed by atoms with Gasteiger partial charge in [0, 0.05) is 0 Å². The Morgan fingerprint density at radius 2 is 1.48 bits per heavy atom. The molecule has 44 heavy (non-hydrogen) atoms. The van der Waals surface area contributed by atoms with E-state index in [4.69, 9.17) is 9.47 Å². The third kappa shape index (κ3) is 4.22. The van der Waals surface area contributed by atoms with Gasteiger partial charge in [-0.1, -0.05) is 60.1 Å². The first kappa shape index (κ1) is 33.3. The van der Waals surface area contributed by atoms with Crippen molar-refractivity contribution < 1.29 is 45.2 Å². The standard InChI is InChI=1S/C35H58O9/c1-30(2)14-19-18-8-9-22-32(5)12-11-23(37)31(3,4)21(32)10-13-33(22,6)34(18,7)15-24(38)35(19,28(42)27(30)41)17-44-29-26(40)25(39)20(36)16-43-29/h8,19-29,36-42H,9-17H2,1-7H3/t19-,20+,21-,22+,23+,24+,25-,26+,27+,28-,29-,32-,33+,34+,35-/m0/s1. The summed E-state index contributed by atoms with van der Waals surface area (Å²) in [5, 5.41) is 77.5. The molecule has 0 unspecified atom stereocenters. The Morgan fingerprint density at radius 3 is 2.16 bits per heavy atom. The number of hydrogen-bond acceptors (Lipinski definition) is 9. The first-order valence-corrected chi connectivity index (χ1v) is 17.0. The fourth-order valence-corrected chi connectivity index (χ4v) is 12.0. The highest BCUT2D eigenvalue weighted by molar-refractivity contribution is 5.36. The molecular formula is C35H58O9. The van der Waals surface area contributed by atoms with E-state index in [9.17, 15) is 35.7 Å². The van der Waals surface area contributed by atoms with Crippen LogP contribution in [0.5, 0.6) is 0 Å². The van der Waals surface area contributed by atoms with Gasteiger partial charge in [-0.25, -0.2) is 0 Å². The van der Waals surface area contributed by atoms with Crippen LogP contribution < -0.4 is 0 Å². The first-order valence-electron chi connectivity index (χ1n) is 17.0. The maximum Gasteiger partial charge on any atom is 0.186 e. The summed E-state index contributed by atoms with van der Waals surface area (Å²) in [5.74, 6) is 0.475. The minimum absolute atomic E-state index is 0.0464. The molecule has 4 saturated carbocycles. The van der Waals surface area contributed by atoms with Crippen LogP contribution in [-0.4, -0.2) is 98.0 Å². The fourth-order valence-electron chi connectivity index (χ4n) is 12.0. The van der Waals surface area contributed by atoms with Crippen LogP contribution in [0.2, 0.25) is 0 Å². The smallest absolute Gasteiger partial charge is 0.186 e. The van der Waals surface area contributed by atoms with Crippen molar-refractivity contribution in [2.24, 2.45) is 50.2 Å². The second-order valence-corrected chi connectivity index (χ2v) is 17.7. The molecule has 1 heterocycles. The van der Waals surface area contributed by atoms with Crippen molar-refractivity contribution in [1.82, 2.24) is 0 Å². The molecule has 9 nitrogen and oxygen atoms in total. The molecule has 5 fully saturated rings. The second-order valence-electron chi connectivity index (χ2n) is 17.7. The van der Waals surface area contributed by atoms with Crippen molar-refractivity contribution in [3.8, 4) is 0 Å². The second kappa shape index (κ2) is 10.4. The Labute approximate surface area is 262 Å². The minimum Gasteiger partial charge on any atom is -0.393 e. The molecule has 7 N–H and O–H groups in total. The quantitative estimate of drug-likeness (QED) is 0.235. The molecule has 0 radical (unpaired) electrons. The molecule has 0 bridgehead atoms. The molecule has 0 amide bonds. The van der Waals surface area contributed by atoms with E-state index in [-0.39, 0.29) is 46.9 Å². The maximum absolute atomic E-state index is 12.3. The summed E-state index contributed by atoms with van der Waals surface area (Å²) in [6, 6.07) is 0.